The van der Waals surface area contributed by atoms with Crippen molar-refractivity contribution in [3.8, 4) is 5.75 Å². The smallest absolute Gasteiger partial charge is 0.326 e. The van der Waals surface area contributed by atoms with E-state index in [0.717, 1.165) is 5.56 Å². The van der Waals surface area contributed by atoms with Gasteiger partial charge in [-0.25, -0.2) is 9.48 Å². The maximum absolute atomic E-state index is 14.1. The highest BCUT2D eigenvalue weighted by Gasteiger charge is 2.43. The molecule has 3 aromatic rings. The fourth-order valence-corrected chi connectivity index (χ4v) is 5.75. The summed E-state index contributed by atoms with van der Waals surface area (Å²) in [6, 6.07) is 10.4. The predicted molar refractivity (Wildman–Crippen MR) is 171 cm³/mol. The van der Waals surface area contributed by atoms with E-state index < -0.39 is 59.9 Å². The number of carbonyl (C=O) groups is 5. The molecule has 0 aliphatic carbocycles. The first-order chi connectivity index (χ1) is 23.0. The number of carboxylic acid groups (broad SMARTS) is 1. The van der Waals surface area contributed by atoms with Gasteiger partial charge >= 0.3 is 5.97 Å². The van der Waals surface area contributed by atoms with Gasteiger partial charge in [0.05, 0.1) is 18.3 Å². The molecular weight excluding hydrogens is 620 g/mol. The average molecular weight is 661 g/mol. The molecule has 5 N–H and O–H groups in total. The number of amides is 4. The lowest BCUT2D eigenvalue weighted by Gasteiger charge is -2.29. The Morgan fingerprint density at radius 2 is 1.75 bits per heavy atom. The topological polar surface area (TPSA) is 197 Å². The molecule has 6 unspecified atom stereocenters. The van der Waals surface area contributed by atoms with Crippen LogP contribution in [0.1, 0.15) is 43.1 Å². The second-order valence-corrected chi connectivity index (χ2v) is 12.1. The number of aliphatic carboxylic acids is 1. The summed E-state index contributed by atoms with van der Waals surface area (Å²) >= 11 is 0. The minimum absolute atomic E-state index is 0.00988. The number of benzene rings is 2. The molecule has 0 spiro atoms. The number of ether oxygens (including phenoxy) is 1. The second kappa shape index (κ2) is 15.1. The number of carbonyl (C=O) groups excluding carboxylic acids is 4. The van der Waals surface area contributed by atoms with Crippen LogP contribution in [0.25, 0.3) is 0 Å². The van der Waals surface area contributed by atoms with Crippen LogP contribution in [0.4, 0.5) is 0 Å². The largest absolute Gasteiger partial charge is 0.487 e. The number of likely N-dealkylation sites (N-methyl/N-ethyl adjacent to an activating group) is 1. The van der Waals surface area contributed by atoms with Crippen molar-refractivity contribution in [2.75, 3.05) is 13.6 Å². The first-order valence-corrected chi connectivity index (χ1v) is 15.8. The predicted octanol–water partition coefficient (Wildman–Crippen LogP) is -0.0353. The molecule has 3 aliphatic rings. The Bertz CT molecular complexity index is 1630. The van der Waals surface area contributed by atoms with Crippen LogP contribution >= 0.6 is 0 Å². The third-order valence-corrected chi connectivity index (χ3v) is 8.63. The normalized spacial score (nSPS) is 22.6. The fourth-order valence-electron chi connectivity index (χ4n) is 5.75. The quantitative estimate of drug-likeness (QED) is 0.229. The van der Waals surface area contributed by atoms with Gasteiger partial charge in [-0.2, -0.15) is 0 Å². The van der Waals surface area contributed by atoms with Crippen molar-refractivity contribution in [1.29, 1.82) is 0 Å². The molecule has 0 saturated carbocycles. The number of likely N-dealkylation sites (tertiary alicyclic amines) is 1. The standard InChI is InChI=1S/C33H40N8O7/c1-19(34-3)29(42)35-20(2)32(45)40-17-24-15-28(40)31(44)36-26(13-21-7-5-4-6-8-21)30(43)37-27(33(46)47)14-22-9-11-25(12-10-22)48-18-23-16-41(24)39-38-23/h4-12,16,19-20,24,26-28,34H,13-15,17-18H2,1-3H3,(H,35,42)(H,36,44)(H,37,43)(H,46,47). The summed E-state index contributed by atoms with van der Waals surface area (Å²) in [7, 11) is 1.63. The highest BCUT2D eigenvalue weighted by Crippen LogP contribution is 2.28. The summed E-state index contributed by atoms with van der Waals surface area (Å²) in [5.41, 5.74) is 1.91. The number of nitrogens with zero attached hydrogens (tertiary/aromatic N) is 4. The lowest BCUT2D eigenvalue weighted by molar-refractivity contribution is -0.143. The van der Waals surface area contributed by atoms with Gasteiger partial charge in [0.1, 0.15) is 42.2 Å². The average Bonchev–Trinajstić information content (AvgIpc) is 3.74. The summed E-state index contributed by atoms with van der Waals surface area (Å²) in [5, 5.41) is 29.4. The van der Waals surface area contributed by atoms with Crippen molar-refractivity contribution in [3.05, 3.63) is 77.6 Å². The van der Waals surface area contributed by atoms with E-state index >= 15 is 0 Å². The second-order valence-electron chi connectivity index (χ2n) is 12.1. The number of hydrogen-bond acceptors (Lipinski definition) is 9. The molecule has 1 fully saturated rings. The molecular formula is C33H40N8O7. The Kier molecular flexibility index (Phi) is 10.7. The lowest BCUT2D eigenvalue weighted by atomic mass is 10.0. The number of aromatic nitrogens is 3. The number of fused-ring (bicyclic) bond motifs is 9. The SMILES string of the molecule is CNC(C)C(=O)NC(C)C(=O)N1CC2CC1C(=O)NC(Cc1ccccc1)C(=O)NC(C(=O)O)Cc1ccc(cc1)OCc1cn2nn1. The van der Waals surface area contributed by atoms with Gasteiger partial charge in [0, 0.05) is 25.8 Å². The van der Waals surface area contributed by atoms with Crippen LogP contribution in [0.3, 0.4) is 0 Å². The van der Waals surface area contributed by atoms with Crippen LogP contribution in [0.5, 0.6) is 5.75 Å². The molecule has 254 valence electrons. The molecule has 2 aromatic carbocycles. The lowest BCUT2D eigenvalue weighted by Crippen LogP contribution is -2.58. The summed E-state index contributed by atoms with van der Waals surface area (Å²) in [4.78, 5) is 67.8. The van der Waals surface area contributed by atoms with E-state index in [-0.39, 0.29) is 38.3 Å². The van der Waals surface area contributed by atoms with E-state index in [9.17, 15) is 29.1 Å². The molecule has 1 aromatic heterocycles. The molecule has 15 heteroatoms. The Morgan fingerprint density at radius 3 is 2.44 bits per heavy atom. The van der Waals surface area contributed by atoms with Gasteiger partial charge in [0.25, 0.3) is 0 Å². The van der Waals surface area contributed by atoms with Crippen molar-refractivity contribution >= 4 is 29.6 Å². The maximum Gasteiger partial charge on any atom is 0.326 e. The monoisotopic (exact) mass is 660 g/mol. The van der Waals surface area contributed by atoms with Crippen LogP contribution in [-0.4, -0.2) is 98.4 Å². The number of hydrogen-bond donors (Lipinski definition) is 5. The number of nitrogens with one attached hydrogen (secondary N) is 4. The first kappa shape index (κ1) is 34.0. The van der Waals surface area contributed by atoms with Crippen LogP contribution in [0.15, 0.2) is 60.8 Å². The van der Waals surface area contributed by atoms with E-state index in [4.69, 9.17) is 4.74 Å². The van der Waals surface area contributed by atoms with Crippen molar-refractivity contribution in [2.24, 2.45) is 0 Å². The molecule has 1 saturated heterocycles. The molecule has 3 aliphatic heterocycles. The zero-order chi connectivity index (χ0) is 34.4. The minimum atomic E-state index is -1.28. The van der Waals surface area contributed by atoms with Crippen LogP contribution < -0.4 is 26.0 Å². The number of carboxylic acids is 1. The van der Waals surface area contributed by atoms with Gasteiger partial charge in [0.15, 0.2) is 0 Å². The summed E-state index contributed by atoms with van der Waals surface area (Å²) < 4.78 is 7.45. The molecule has 15 nitrogen and oxygen atoms in total. The van der Waals surface area contributed by atoms with Crippen molar-refractivity contribution in [3.63, 3.8) is 0 Å². The Balaban J connectivity index is 1.48. The van der Waals surface area contributed by atoms with E-state index in [0.29, 0.717) is 17.0 Å². The van der Waals surface area contributed by atoms with E-state index in [2.05, 4.69) is 31.6 Å². The first-order valence-electron chi connectivity index (χ1n) is 15.8. The van der Waals surface area contributed by atoms with Gasteiger partial charge in [0.2, 0.25) is 23.6 Å². The molecule has 4 amide bonds. The maximum atomic E-state index is 14.1. The highest BCUT2D eigenvalue weighted by atomic mass is 16.5. The summed E-state index contributed by atoms with van der Waals surface area (Å²) in [5.74, 6) is -2.87. The van der Waals surface area contributed by atoms with Crippen molar-refractivity contribution in [1.82, 2.24) is 41.2 Å². The van der Waals surface area contributed by atoms with Crippen molar-refractivity contribution in [2.45, 2.75) is 76.0 Å². The zero-order valence-corrected chi connectivity index (χ0v) is 27.0. The highest BCUT2D eigenvalue weighted by molar-refractivity contribution is 5.96. The molecule has 4 heterocycles. The van der Waals surface area contributed by atoms with Gasteiger partial charge in [-0.3, -0.25) is 19.2 Å². The fraction of sp³-hybridized carbons (Fsp3) is 0.424. The molecule has 0 radical (unpaired) electrons. The number of rotatable bonds is 7. The van der Waals surface area contributed by atoms with Gasteiger partial charge in [-0.15, -0.1) is 5.10 Å². The van der Waals surface area contributed by atoms with Crippen molar-refractivity contribution < 1.29 is 33.8 Å². The molecule has 6 bridgehead atoms. The van der Waals surface area contributed by atoms with E-state index in [1.165, 1.54) is 4.90 Å². The summed E-state index contributed by atoms with van der Waals surface area (Å²) in [6.07, 6.45) is 1.90. The van der Waals surface area contributed by atoms with Gasteiger partial charge < -0.3 is 36.0 Å². The van der Waals surface area contributed by atoms with Crippen LogP contribution in [-0.2, 0) is 43.4 Å². The molecule has 48 heavy (non-hydrogen) atoms. The van der Waals surface area contributed by atoms with Crippen LogP contribution in [0, 0.1) is 0 Å². The molecule has 6 atom stereocenters. The zero-order valence-electron chi connectivity index (χ0n) is 27.0. The Hall–Kier alpha value is -5.31. The third kappa shape index (κ3) is 8.15. The van der Waals surface area contributed by atoms with Crippen LogP contribution in [0.2, 0.25) is 0 Å². The van der Waals surface area contributed by atoms with E-state index in [1.54, 1.807) is 80.3 Å². The third-order valence-electron chi connectivity index (χ3n) is 8.63. The molecule has 6 rings (SSSR count). The van der Waals surface area contributed by atoms with E-state index in [1.807, 2.05) is 6.07 Å². The minimum Gasteiger partial charge on any atom is -0.487 e. The Labute approximate surface area is 277 Å². The summed E-state index contributed by atoms with van der Waals surface area (Å²) in [6.45, 7) is 3.38. The Morgan fingerprint density at radius 1 is 1.02 bits per heavy atom. The van der Waals surface area contributed by atoms with Gasteiger partial charge in [-0.1, -0.05) is 47.7 Å². The van der Waals surface area contributed by atoms with Gasteiger partial charge in [-0.05, 0) is 44.2 Å².